The molecule has 0 bridgehead atoms. The van der Waals surface area contributed by atoms with Crippen LogP contribution in [0.3, 0.4) is 0 Å². The van der Waals surface area contributed by atoms with E-state index in [2.05, 4.69) is 0 Å². The Morgan fingerprint density at radius 3 is 2.31 bits per heavy atom. The quantitative estimate of drug-likeness (QED) is 0.373. The van der Waals surface area contributed by atoms with Crippen LogP contribution in [0.4, 0.5) is 10.5 Å². The van der Waals surface area contributed by atoms with E-state index in [0.717, 1.165) is 22.8 Å². The Bertz CT molecular complexity index is 845. The predicted octanol–water partition coefficient (Wildman–Crippen LogP) is 2.87. The number of carbonyl (C=O) groups is 2. The molecule has 0 aliphatic carbocycles. The number of benzene rings is 2. The number of amides is 2. The van der Waals surface area contributed by atoms with Crippen molar-refractivity contribution >= 4 is 23.8 Å². The second-order valence-electron chi connectivity index (χ2n) is 6.14. The van der Waals surface area contributed by atoms with Crippen LogP contribution in [0.25, 0.3) is 0 Å². The average molecular weight is 355 g/mol. The first-order chi connectivity index (χ1) is 12.3. The number of aldehydes is 1. The van der Waals surface area contributed by atoms with Gasteiger partial charge in [0.05, 0.1) is 11.3 Å². The van der Waals surface area contributed by atoms with E-state index in [0.29, 0.717) is 11.3 Å². The van der Waals surface area contributed by atoms with Gasteiger partial charge in [-0.05, 0) is 35.2 Å². The molecular formula is C19H21N3O4. The summed E-state index contributed by atoms with van der Waals surface area (Å²) in [7, 11) is 0. The maximum atomic E-state index is 11.9. The molecule has 2 aromatic carbocycles. The van der Waals surface area contributed by atoms with Crippen molar-refractivity contribution < 1.29 is 19.8 Å². The number of carbonyl (C=O) groups excluding carboxylic acids is 2. The number of nitrogens with one attached hydrogen (secondary N) is 1. The van der Waals surface area contributed by atoms with Crippen LogP contribution in [-0.4, -0.2) is 28.4 Å². The van der Waals surface area contributed by atoms with Crippen molar-refractivity contribution in [3.05, 3.63) is 53.1 Å². The van der Waals surface area contributed by atoms with Gasteiger partial charge in [-0.15, -0.1) is 0 Å². The molecule has 2 rings (SSSR count). The molecule has 0 spiro atoms. The molecule has 0 aliphatic rings. The first-order valence-corrected chi connectivity index (χ1v) is 8.03. The molecule has 7 heteroatoms. The number of rotatable bonds is 5. The third-order valence-corrected chi connectivity index (χ3v) is 3.98. The fourth-order valence-electron chi connectivity index (χ4n) is 2.61. The first-order valence-electron chi connectivity index (χ1n) is 8.03. The van der Waals surface area contributed by atoms with Crippen LogP contribution in [0.1, 0.15) is 36.5 Å². The summed E-state index contributed by atoms with van der Waals surface area (Å²) in [5.41, 5.74) is 7.14. The average Bonchev–Trinajstić information content (AvgIpc) is 2.56. The lowest BCUT2D eigenvalue weighted by Crippen LogP contribution is -2.41. The summed E-state index contributed by atoms with van der Waals surface area (Å²) >= 11 is 0. The van der Waals surface area contributed by atoms with Gasteiger partial charge < -0.3 is 20.7 Å². The van der Waals surface area contributed by atoms with Gasteiger partial charge in [0.2, 0.25) is 0 Å². The van der Waals surface area contributed by atoms with Crippen molar-refractivity contribution in [1.29, 1.82) is 5.41 Å². The van der Waals surface area contributed by atoms with Crippen LogP contribution in [0, 0.1) is 5.41 Å². The van der Waals surface area contributed by atoms with Crippen molar-refractivity contribution in [3.8, 4) is 11.5 Å². The zero-order chi connectivity index (χ0) is 19.4. The summed E-state index contributed by atoms with van der Waals surface area (Å²) in [6, 6.07) is 8.17. The van der Waals surface area contributed by atoms with Gasteiger partial charge in [0.15, 0.2) is 0 Å². The van der Waals surface area contributed by atoms with Crippen LogP contribution in [0.2, 0.25) is 0 Å². The highest BCUT2D eigenvalue weighted by atomic mass is 16.3. The van der Waals surface area contributed by atoms with Crippen molar-refractivity contribution in [1.82, 2.24) is 0 Å². The molecule has 0 unspecified atom stereocenters. The Morgan fingerprint density at radius 2 is 1.81 bits per heavy atom. The Balaban J connectivity index is 2.48. The van der Waals surface area contributed by atoms with Crippen molar-refractivity contribution in [2.45, 2.75) is 26.2 Å². The second kappa shape index (κ2) is 7.69. The number of nitrogens with two attached hydrogens (primary N) is 1. The highest BCUT2D eigenvalue weighted by molar-refractivity contribution is 6.22. The lowest BCUT2D eigenvalue weighted by molar-refractivity contribution is -0.107. The van der Waals surface area contributed by atoms with E-state index in [1.54, 1.807) is 24.3 Å². The van der Waals surface area contributed by atoms with E-state index in [4.69, 9.17) is 11.1 Å². The van der Waals surface area contributed by atoms with Crippen LogP contribution in [0.5, 0.6) is 11.5 Å². The highest BCUT2D eigenvalue weighted by Gasteiger charge is 2.23. The smallest absolute Gasteiger partial charge is 0.325 e. The molecule has 7 nitrogen and oxygen atoms in total. The zero-order valence-electron chi connectivity index (χ0n) is 14.6. The lowest BCUT2D eigenvalue weighted by atomic mass is 9.98. The topological polar surface area (TPSA) is 128 Å². The third kappa shape index (κ3) is 3.83. The number of amidine groups is 1. The van der Waals surface area contributed by atoms with E-state index in [9.17, 15) is 19.8 Å². The molecule has 0 saturated heterocycles. The lowest BCUT2D eigenvalue weighted by Gasteiger charge is -2.23. The van der Waals surface area contributed by atoms with Gasteiger partial charge in [0, 0.05) is 12.5 Å². The number of hydrogen-bond acceptors (Lipinski definition) is 5. The largest absolute Gasteiger partial charge is 0.508 e. The number of aromatic hydroxyl groups is 2. The molecular weight excluding hydrogens is 334 g/mol. The second-order valence-corrected chi connectivity index (χ2v) is 6.14. The molecule has 26 heavy (non-hydrogen) atoms. The molecule has 5 N–H and O–H groups in total. The Labute approximate surface area is 151 Å². The molecule has 0 radical (unpaired) electrons. The van der Waals surface area contributed by atoms with Gasteiger partial charge in [-0.3, -0.25) is 5.41 Å². The Morgan fingerprint density at radius 1 is 1.19 bits per heavy atom. The van der Waals surface area contributed by atoms with Gasteiger partial charge in [0.1, 0.15) is 23.6 Å². The molecule has 0 aromatic heterocycles. The summed E-state index contributed by atoms with van der Waals surface area (Å²) in [4.78, 5) is 23.5. The van der Waals surface area contributed by atoms with Gasteiger partial charge in [-0.1, -0.05) is 26.0 Å². The van der Waals surface area contributed by atoms with Crippen LogP contribution in [0.15, 0.2) is 36.4 Å². The van der Waals surface area contributed by atoms with Gasteiger partial charge in [-0.25, -0.2) is 9.69 Å². The van der Waals surface area contributed by atoms with Crippen molar-refractivity contribution in [3.63, 3.8) is 0 Å². The van der Waals surface area contributed by atoms with Crippen molar-refractivity contribution in [2.24, 2.45) is 5.73 Å². The number of anilines is 1. The molecule has 0 fully saturated rings. The van der Waals surface area contributed by atoms with Gasteiger partial charge >= 0.3 is 6.03 Å². The number of hydrogen-bond donors (Lipinski definition) is 4. The molecule has 136 valence electrons. The standard InChI is InChI=1S/C19H21N3O4/c1-11(2)14-9-15(17(25)10-16(14)24)18(20)22(19(21)26)13-5-3-12(4-6-13)7-8-23/h3-6,8-11,20,24-25H,7H2,1-2H3,(H2,21,26). The van der Waals surface area contributed by atoms with Gasteiger partial charge in [0.25, 0.3) is 0 Å². The SMILES string of the molecule is CC(C)c1cc(C(=N)N(C(N)=O)c2ccc(CC=O)cc2)c(O)cc1O. The number of primary amides is 1. The van der Waals surface area contributed by atoms with E-state index in [1.165, 1.54) is 6.07 Å². The number of phenolic OH excluding ortho intramolecular Hbond substituents is 2. The fraction of sp³-hybridized carbons (Fsp3) is 0.211. The summed E-state index contributed by atoms with van der Waals surface area (Å²) in [5, 5.41) is 28.5. The Kier molecular flexibility index (Phi) is 5.61. The molecule has 0 heterocycles. The molecule has 0 aliphatic heterocycles. The predicted molar refractivity (Wildman–Crippen MR) is 99.0 cm³/mol. The van der Waals surface area contributed by atoms with Crippen LogP contribution < -0.4 is 10.6 Å². The number of urea groups is 1. The third-order valence-electron chi connectivity index (χ3n) is 3.98. The number of phenols is 2. The van der Waals surface area contributed by atoms with E-state index >= 15 is 0 Å². The fourth-order valence-corrected chi connectivity index (χ4v) is 2.61. The Hall–Kier alpha value is -3.35. The maximum Gasteiger partial charge on any atom is 0.325 e. The van der Waals surface area contributed by atoms with Crippen LogP contribution in [-0.2, 0) is 11.2 Å². The highest BCUT2D eigenvalue weighted by Crippen LogP contribution is 2.33. The van der Waals surface area contributed by atoms with Crippen molar-refractivity contribution in [2.75, 3.05) is 4.90 Å². The molecule has 0 atom stereocenters. The first kappa shape index (κ1) is 19.0. The van der Waals surface area contributed by atoms with E-state index in [1.807, 2.05) is 13.8 Å². The van der Waals surface area contributed by atoms with E-state index < -0.39 is 6.03 Å². The maximum absolute atomic E-state index is 11.9. The minimum atomic E-state index is -0.892. The molecule has 2 amide bonds. The minimum absolute atomic E-state index is 0.0493. The number of nitrogens with zero attached hydrogens (tertiary/aromatic N) is 1. The minimum Gasteiger partial charge on any atom is -0.508 e. The summed E-state index contributed by atoms with van der Waals surface area (Å²) in [6.07, 6.45) is 1.01. The molecule has 2 aromatic rings. The van der Waals surface area contributed by atoms with E-state index in [-0.39, 0.29) is 35.2 Å². The molecule has 0 saturated carbocycles. The van der Waals surface area contributed by atoms with Gasteiger partial charge in [-0.2, -0.15) is 0 Å². The normalized spacial score (nSPS) is 10.6. The van der Waals surface area contributed by atoms with Crippen LogP contribution >= 0.6 is 0 Å². The summed E-state index contributed by atoms with van der Waals surface area (Å²) in [5.74, 6) is -0.787. The summed E-state index contributed by atoms with van der Waals surface area (Å²) in [6.45, 7) is 3.72. The zero-order valence-corrected chi connectivity index (χ0v) is 14.6. The monoisotopic (exact) mass is 355 g/mol. The summed E-state index contributed by atoms with van der Waals surface area (Å²) < 4.78 is 0.